The quantitative estimate of drug-likeness (QED) is 0.821. The van der Waals surface area contributed by atoms with Crippen molar-refractivity contribution >= 4 is 11.3 Å². The Balaban J connectivity index is 1.87. The van der Waals surface area contributed by atoms with Crippen LogP contribution in [0, 0.1) is 6.92 Å². The molecular formula is C13H21NS. The van der Waals surface area contributed by atoms with Gasteiger partial charge >= 0.3 is 0 Å². The smallest absolute Gasteiger partial charge is 0.00731 e. The molecule has 2 atom stereocenters. The fourth-order valence-electron chi connectivity index (χ4n) is 2.50. The van der Waals surface area contributed by atoms with E-state index in [1.165, 1.54) is 37.1 Å². The lowest BCUT2D eigenvalue weighted by Crippen LogP contribution is -2.26. The second-order valence-electron chi connectivity index (χ2n) is 4.65. The number of rotatable bonds is 4. The third-order valence-corrected chi connectivity index (χ3v) is 4.22. The van der Waals surface area contributed by atoms with E-state index in [1.807, 2.05) is 11.3 Å². The lowest BCUT2D eigenvalue weighted by Gasteiger charge is -2.11. The third-order valence-electron chi connectivity index (χ3n) is 3.34. The number of nitrogens with one attached hydrogen (secondary N) is 1. The van der Waals surface area contributed by atoms with Gasteiger partial charge in [0.05, 0.1) is 0 Å². The van der Waals surface area contributed by atoms with Crippen LogP contribution >= 0.6 is 11.3 Å². The maximum Gasteiger partial charge on any atom is 0.00731 e. The highest BCUT2D eigenvalue weighted by molar-refractivity contribution is 7.10. The van der Waals surface area contributed by atoms with Gasteiger partial charge in [0.25, 0.3) is 0 Å². The minimum Gasteiger partial charge on any atom is -0.314 e. The van der Waals surface area contributed by atoms with Crippen LogP contribution in [-0.4, -0.2) is 12.6 Å². The summed E-state index contributed by atoms with van der Waals surface area (Å²) in [6, 6.07) is 3.15. The van der Waals surface area contributed by atoms with Gasteiger partial charge in [0.2, 0.25) is 0 Å². The van der Waals surface area contributed by atoms with Gasteiger partial charge in [0.15, 0.2) is 0 Å². The molecule has 0 saturated heterocycles. The van der Waals surface area contributed by atoms with E-state index in [0.717, 1.165) is 12.0 Å². The van der Waals surface area contributed by atoms with Crippen molar-refractivity contribution in [2.45, 2.75) is 51.5 Å². The van der Waals surface area contributed by atoms with E-state index in [2.05, 4.69) is 30.6 Å². The number of thiophene rings is 1. The van der Waals surface area contributed by atoms with Crippen LogP contribution in [-0.2, 0) is 0 Å². The average Bonchev–Trinajstić information content (AvgIpc) is 2.83. The second kappa shape index (κ2) is 5.13. The van der Waals surface area contributed by atoms with Gasteiger partial charge in [-0.05, 0) is 62.1 Å². The monoisotopic (exact) mass is 223 g/mol. The molecule has 0 amide bonds. The molecule has 1 heterocycles. The fourth-order valence-corrected chi connectivity index (χ4v) is 3.28. The summed E-state index contributed by atoms with van der Waals surface area (Å²) >= 11 is 1.89. The molecule has 2 unspecified atom stereocenters. The molecule has 0 aliphatic heterocycles. The van der Waals surface area contributed by atoms with Crippen LogP contribution in [0.3, 0.4) is 0 Å². The number of aryl methyl sites for hydroxylation is 1. The molecule has 1 aromatic heterocycles. The molecule has 0 radical (unpaired) electrons. The van der Waals surface area contributed by atoms with Crippen molar-refractivity contribution in [3.63, 3.8) is 0 Å². The maximum atomic E-state index is 3.64. The lowest BCUT2D eigenvalue weighted by molar-refractivity contribution is 0.517. The van der Waals surface area contributed by atoms with E-state index >= 15 is 0 Å². The minimum atomic E-state index is 0.773. The highest BCUT2D eigenvalue weighted by Gasteiger charge is 2.25. The van der Waals surface area contributed by atoms with Gasteiger partial charge in [0, 0.05) is 10.9 Å². The third kappa shape index (κ3) is 2.82. The van der Waals surface area contributed by atoms with Gasteiger partial charge in [-0.3, -0.25) is 0 Å². The summed E-state index contributed by atoms with van der Waals surface area (Å²) in [5.74, 6) is 0.823. The maximum absolute atomic E-state index is 3.64. The molecular weight excluding hydrogens is 202 g/mol. The molecule has 0 bridgehead atoms. The van der Waals surface area contributed by atoms with E-state index in [1.54, 1.807) is 5.56 Å². The Morgan fingerprint density at radius 3 is 3.00 bits per heavy atom. The molecule has 1 aromatic rings. The van der Waals surface area contributed by atoms with E-state index in [4.69, 9.17) is 0 Å². The molecule has 1 saturated carbocycles. The lowest BCUT2D eigenvalue weighted by atomic mass is 10.0. The molecule has 84 valence electrons. The number of hydrogen-bond acceptors (Lipinski definition) is 2. The molecule has 15 heavy (non-hydrogen) atoms. The zero-order chi connectivity index (χ0) is 10.7. The Morgan fingerprint density at radius 1 is 1.47 bits per heavy atom. The van der Waals surface area contributed by atoms with E-state index in [-0.39, 0.29) is 0 Å². The van der Waals surface area contributed by atoms with Crippen molar-refractivity contribution in [3.8, 4) is 0 Å². The largest absolute Gasteiger partial charge is 0.314 e. The highest BCUT2D eigenvalue weighted by atomic mass is 32.1. The molecule has 1 nitrogen and oxygen atoms in total. The summed E-state index contributed by atoms with van der Waals surface area (Å²) in [5, 5.41) is 5.99. The van der Waals surface area contributed by atoms with Crippen LogP contribution in [0.2, 0.25) is 0 Å². The Hall–Kier alpha value is -0.340. The van der Waals surface area contributed by atoms with Crippen LogP contribution in [0.15, 0.2) is 11.4 Å². The summed E-state index contributed by atoms with van der Waals surface area (Å²) in [7, 11) is 0. The Morgan fingerprint density at radius 2 is 2.33 bits per heavy atom. The normalized spacial score (nSPS) is 26.0. The highest BCUT2D eigenvalue weighted by Crippen LogP contribution is 2.36. The molecule has 1 aliphatic carbocycles. The van der Waals surface area contributed by atoms with Gasteiger partial charge in [-0.15, -0.1) is 11.3 Å². The number of hydrogen-bond donors (Lipinski definition) is 1. The molecule has 2 rings (SSSR count). The van der Waals surface area contributed by atoms with E-state index < -0.39 is 0 Å². The molecule has 1 fully saturated rings. The predicted molar refractivity (Wildman–Crippen MR) is 67.7 cm³/mol. The van der Waals surface area contributed by atoms with Gasteiger partial charge < -0.3 is 5.32 Å². The first-order chi connectivity index (χ1) is 7.29. The molecule has 2 heteroatoms. The van der Waals surface area contributed by atoms with Crippen LogP contribution in [0.4, 0.5) is 0 Å². The van der Waals surface area contributed by atoms with Crippen LogP contribution in [0.1, 0.15) is 49.0 Å². The zero-order valence-corrected chi connectivity index (χ0v) is 10.6. The first-order valence-electron chi connectivity index (χ1n) is 6.08. The van der Waals surface area contributed by atoms with Gasteiger partial charge in [-0.25, -0.2) is 0 Å². The summed E-state index contributed by atoms with van der Waals surface area (Å²) in [6.45, 7) is 5.62. The molecule has 0 aromatic carbocycles. The van der Waals surface area contributed by atoms with Crippen molar-refractivity contribution in [2.75, 3.05) is 6.54 Å². The predicted octanol–water partition coefficient (Wildman–Crippen LogP) is 3.69. The molecule has 0 spiro atoms. The van der Waals surface area contributed by atoms with Gasteiger partial charge in [0.1, 0.15) is 0 Å². The fraction of sp³-hybridized carbons (Fsp3) is 0.692. The zero-order valence-electron chi connectivity index (χ0n) is 9.75. The summed E-state index contributed by atoms with van der Waals surface area (Å²) in [5.41, 5.74) is 1.58. The van der Waals surface area contributed by atoms with Crippen LogP contribution in [0.25, 0.3) is 0 Å². The van der Waals surface area contributed by atoms with Crippen molar-refractivity contribution < 1.29 is 0 Å². The van der Waals surface area contributed by atoms with Crippen LogP contribution in [0.5, 0.6) is 0 Å². The second-order valence-corrected chi connectivity index (χ2v) is 5.77. The Bertz CT molecular complexity index is 305. The van der Waals surface area contributed by atoms with E-state index in [9.17, 15) is 0 Å². The Labute approximate surface area is 96.9 Å². The first kappa shape index (κ1) is 11.2. The van der Waals surface area contributed by atoms with Crippen molar-refractivity contribution in [1.82, 2.24) is 5.32 Å². The summed E-state index contributed by atoms with van der Waals surface area (Å²) < 4.78 is 0. The first-order valence-corrected chi connectivity index (χ1v) is 6.96. The molecule has 1 N–H and O–H groups in total. The van der Waals surface area contributed by atoms with Gasteiger partial charge in [-0.1, -0.05) is 6.92 Å². The minimum absolute atomic E-state index is 0.773. The van der Waals surface area contributed by atoms with Gasteiger partial charge in [-0.2, -0.15) is 0 Å². The van der Waals surface area contributed by atoms with Crippen molar-refractivity contribution in [3.05, 3.63) is 21.9 Å². The standard InChI is InChI=1S/C13H21NS/c1-3-6-14-13-5-4-11(8-13)12-7-10(2)15-9-12/h7,9,11,13-14H,3-6,8H2,1-2H3. The average molecular weight is 223 g/mol. The summed E-state index contributed by atoms with van der Waals surface area (Å²) in [4.78, 5) is 1.45. The topological polar surface area (TPSA) is 12.0 Å². The van der Waals surface area contributed by atoms with E-state index in [0.29, 0.717) is 0 Å². The van der Waals surface area contributed by atoms with Crippen molar-refractivity contribution in [1.29, 1.82) is 0 Å². The SMILES string of the molecule is CCCNC1CCC(c2csc(C)c2)C1. The summed E-state index contributed by atoms with van der Waals surface area (Å²) in [6.07, 6.45) is 5.33. The Kier molecular flexibility index (Phi) is 3.81. The van der Waals surface area contributed by atoms with Crippen molar-refractivity contribution in [2.24, 2.45) is 0 Å². The molecule has 1 aliphatic rings. The van der Waals surface area contributed by atoms with Crippen LogP contribution < -0.4 is 5.32 Å².